The first-order valence-electron chi connectivity index (χ1n) is 7.65. The molecule has 1 atom stereocenters. The van der Waals surface area contributed by atoms with E-state index in [2.05, 4.69) is 84.9 Å². The van der Waals surface area contributed by atoms with Gasteiger partial charge in [0, 0.05) is 0 Å². The van der Waals surface area contributed by atoms with E-state index in [0.717, 1.165) is 6.42 Å². The summed E-state index contributed by atoms with van der Waals surface area (Å²) in [7, 11) is 0.00399. The van der Waals surface area contributed by atoms with Gasteiger partial charge in [0.25, 0.3) is 0 Å². The monoisotopic (exact) mass is 460 g/mol. The minimum absolute atomic E-state index is 0. The normalized spacial score (nSPS) is 16.4. The van der Waals surface area contributed by atoms with Crippen molar-refractivity contribution < 1.29 is 51.0 Å². The second kappa shape index (κ2) is 10.5. The third-order valence-corrected chi connectivity index (χ3v) is 6.70. The van der Waals surface area contributed by atoms with Crippen LogP contribution in [0.2, 0.25) is 0 Å². The fourth-order valence-electron chi connectivity index (χ4n) is 2.95. The number of fused-ring (bicyclic) bond motifs is 2. The molecule has 4 heteroatoms. The van der Waals surface area contributed by atoms with Crippen LogP contribution in [0.3, 0.4) is 0 Å². The second-order valence-electron chi connectivity index (χ2n) is 5.54. The summed E-state index contributed by atoms with van der Waals surface area (Å²) in [5, 5.41) is 5.70. The van der Waals surface area contributed by atoms with Gasteiger partial charge in [-0.3, -0.25) is 6.08 Å². The topological polar surface area (TPSA) is 0 Å². The average Bonchev–Trinajstić information content (AvgIpc) is 3.16. The van der Waals surface area contributed by atoms with E-state index < -0.39 is 0 Å². The van der Waals surface area contributed by atoms with Crippen LogP contribution < -0.4 is 30.1 Å². The summed E-state index contributed by atoms with van der Waals surface area (Å²) in [4.78, 5) is 0. The van der Waals surface area contributed by atoms with Crippen LogP contribution in [-0.4, -0.2) is 6.16 Å². The Bertz CT molecular complexity index is 822. The van der Waals surface area contributed by atoms with Crippen molar-refractivity contribution in [1.29, 1.82) is 0 Å². The predicted octanol–water partition coefficient (Wildman–Crippen LogP) is -0.611. The molecule has 0 saturated carbocycles. The van der Waals surface area contributed by atoms with Crippen molar-refractivity contribution in [3.05, 3.63) is 95.8 Å². The Morgan fingerprint density at radius 1 is 0.880 bits per heavy atom. The van der Waals surface area contributed by atoms with Crippen molar-refractivity contribution in [1.82, 2.24) is 0 Å². The van der Waals surface area contributed by atoms with Crippen LogP contribution in [0.4, 0.5) is 0 Å². The minimum Gasteiger partial charge on any atom is -1.00 e. The van der Waals surface area contributed by atoms with Gasteiger partial charge in [-0.1, -0.05) is 50.5 Å². The zero-order valence-corrected chi connectivity index (χ0v) is 18.5. The zero-order chi connectivity index (χ0) is 14.8. The largest absolute Gasteiger partial charge is 4.00 e. The van der Waals surface area contributed by atoms with Gasteiger partial charge in [-0.05, 0) is 5.30 Å². The summed E-state index contributed by atoms with van der Waals surface area (Å²) in [6, 6.07) is 25.5. The Hall–Kier alpha value is -0.577. The van der Waals surface area contributed by atoms with Gasteiger partial charge >= 0.3 is 26.2 Å². The van der Waals surface area contributed by atoms with Crippen LogP contribution in [0.15, 0.2) is 89.8 Å². The SMILES string of the molecule is [C-]1=C2C(=CC1)CP2c1ccccc1.[Cl-].[Cl-].[Zr+4].c1ccc2[cH-]ccc2c1. The van der Waals surface area contributed by atoms with E-state index in [-0.39, 0.29) is 58.9 Å². The molecule has 0 amide bonds. The molecule has 1 unspecified atom stereocenters. The number of allylic oxidation sites excluding steroid dienone is 4. The van der Waals surface area contributed by atoms with Gasteiger partial charge in [-0.2, -0.15) is 34.5 Å². The Kier molecular flexibility index (Phi) is 9.47. The maximum atomic E-state index is 3.46. The first kappa shape index (κ1) is 22.5. The summed E-state index contributed by atoms with van der Waals surface area (Å²) in [5.74, 6) is 0. The summed E-state index contributed by atoms with van der Waals surface area (Å²) in [6.45, 7) is 0. The average molecular weight is 462 g/mol. The maximum absolute atomic E-state index is 3.46. The molecule has 0 bridgehead atoms. The Labute approximate surface area is 182 Å². The fraction of sp³-hybridized carbons (Fsp3) is 0.0952. The van der Waals surface area contributed by atoms with Gasteiger partial charge in [0.1, 0.15) is 0 Å². The molecule has 0 radical (unpaired) electrons. The number of benzene rings is 2. The predicted molar refractivity (Wildman–Crippen MR) is 96.9 cm³/mol. The Morgan fingerprint density at radius 3 is 2.32 bits per heavy atom. The molecule has 1 aliphatic carbocycles. The van der Waals surface area contributed by atoms with Crippen LogP contribution in [-0.2, 0) is 26.2 Å². The van der Waals surface area contributed by atoms with E-state index in [4.69, 9.17) is 0 Å². The zero-order valence-electron chi connectivity index (χ0n) is 13.6. The van der Waals surface area contributed by atoms with E-state index in [0.29, 0.717) is 0 Å². The Balaban J connectivity index is 0.000000234. The van der Waals surface area contributed by atoms with Crippen LogP contribution in [0.5, 0.6) is 0 Å². The molecular formula is C21H17Cl2PZr. The summed E-state index contributed by atoms with van der Waals surface area (Å²) in [5.41, 5.74) is 1.56. The van der Waals surface area contributed by atoms with Crippen LogP contribution >= 0.6 is 7.92 Å². The van der Waals surface area contributed by atoms with E-state index in [1.54, 1.807) is 5.57 Å². The molecule has 0 aromatic heterocycles. The standard InChI is InChI=1S/C12H10P.C9H7.2ClH.Zr/c1-2-6-11(7-3-1)13-9-10-5-4-8-12(10)13;1-2-5-9-7-3-6-8(9)4-1;;;/h1-3,5-7H,4,9H2;1-7H;2*1H;/q2*-1;;;+4/p-2. The number of hydrogen-bond donors (Lipinski definition) is 0. The summed E-state index contributed by atoms with van der Waals surface area (Å²) >= 11 is 0. The summed E-state index contributed by atoms with van der Waals surface area (Å²) < 4.78 is 0. The van der Waals surface area contributed by atoms with Gasteiger partial charge in [0.2, 0.25) is 0 Å². The number of rotatable bonds is 1. The van der Waals surface area contributed by atoms with Gasteiger partial charge < -0.3 is 24.8 Å². The number of hydrogen-bond acceptors (Lipinski definition) is 0. The van der Waals surface area contributed by atoms with Gasteiger partial charge in [0.05, 0.1) is 0 Å². The molecule has 1 fully saturated rings. The van der Waals surface area contributed by atoms with E-state index in [1.807, 2.05) is 0 Å². The van der Waals surface area contributed by atoms with Crippen molar-refractivity contribution in [2.75, 3.05) is 6.16 Å². The quantitative estimate of drug-likeness (QED) is 0.335. The molecule has 3 aromatic carbocycles. The molecule has 124 valence electrons. The Morgan fingerprint density at radius 2 is 1.60 bits per heavy atom. The van der Waals surface area contributed by atoms with E-state index in [9.17, 15) is 0 Å². The van der Waals surface area contributed by atoms with E-state index in [1.165, 1.54) is 27.6 Å². The third kappa shape index (κ3) is 4.99. The summed E-state index contributed by atoms with van der Waals surface area (Å²) in [6.07, 6.45) is 8.12. The smallest absolute Gasteiger partial charge is 1.00 e. The molecule has 25 heavy (non-hydrogen) atoms. The molecule has 1 saturated heterocycles. The molecule has 0 spiro atoms. The molecular weight excluding hydrogens is 445 g/mol. The van der Waals surface area contributed by atoms with Gasteiger partial charge in [-0.15, -0.1) is 36.1 Å². The van der Waals surface area contributed by atoms with Crippen molar-refractivity contribution in [3.8, 4) is 0 Å². The van der Waals surface area contributed by atoms with Crippen LogP contribution in [0.25, 0.3) is 10.8 Å². The van der Waals surface area contributed by atoms with Crippen LogP contribution in [0.1, 0.15) is 6.42 Å². The minimum atomic E-state index is 0. The first-order chi connectivity index (χ1) is 10.9. The first-order valence-corrected chi connectivity index (χ1v) is 9.18. The van der Waals surface area contributed by atoms with Crippen LogP contribution in [0, 0.1) is 6.08 Å². The molecule has 1 heterocycles. The molecule has 3 aromatic rings. The molecule has 0 N–H and O–H groups in total. The van der Waals surface area contributed by atoms with Crippen molar-refractivity contribution in [2.45, 2.75) is 6.42 Å². The van der Waals surface area contributed by atoms with Crippen molar-refractivity contribution in [2.24, 2.45) is 0 Å². The second-order valence-corrected chi connectivity index (χ2v) is 7.67. The van der Waals surface area contributed by atoms with Gasteiger partial charge in [-0.25, -0.2) is 0 Å². The van der Waals surface area contributed by atoms with Crippen molar-refractivity contribution in [3.63, 3.8) is 0 Å². The fourth-order valence-corrected chi connectivity index (χ4v) is 5.23. The van der Waals surface area contributed by atoms with E-state index >= 15 is 0 Å². The third-order valence-electron chi connectivity index (χ3n) is 4.14. The molecule has 1 aliphatic heterocycles. The molecule has 0 nitrogen and oxygen atoms in total. The molecule has 5 rings (SSSR count). The van der Waals surface area contributed by atoms with Crippen molar-refractivity contribution >= 4 is 24.0 Å². The maximum Gasteiger partial charge on any atom is 4.00 e. The molecule has 2 aliphatic rings. The van der Waals surface area contributed by atoms with Gasteiger partial charge in [0.15, 0.2) is 0 Å². The number of halogens is 2.